The molecule has 0 saturated carbocycles. The van der Waals surface area contributed by atoms with Crippen LogP contribution in [-0.2, 0) is 18.9 Å². The van der Waals surface area contributed by atoms with Gasteiger partial charge in [-0.3, -0.25) is 0 Å². The maximum Gasteiger partial charge on any atom is 0.163 e. The van der Waals surface area contributed by atoms with Crippen LogP contribution in [0.5, 0.6) is 0 Å². The van der Waals surface area contributed by atoms with Crippen molar-refractivity contribution in [2.45, 2.75) is 57.9 Å². The number of ether oxygens (including phenoxy) is 4. The van der Waals surface area contributed by atoms with Gasteiger partial charge in [-0.25, -0.2) is 0 Å². The van der Waals surface area contributed by atoms with Crippen LogP contribution >= 0.6 is 15.9 Å². The molecule has 106 valence electrons. The maximum absolute atomic E-state index is 6.10. The van der Waals surface area contributed by atoms with Crippen LogP contribution in [-0.4, -0.2) is 49.2 Å². The normalized spacial score (nSPS) is 42.3. The number of rotatable bonds is 2. The number of alkyl halides is 1. The van der Waals surface area contributed by atoms with Crippen molar-refractivity contribution in [3.63, 3.8) is 0 Å². The minimum Gasteiger partial charge on any atom is -0.378 e. The molecule has 0 amide bonds. The molecule has 0 aliphatic carbocycles. The summed E-state index contributed by atoms with van der Waals surface area (Å²) >= 11 is 3.52. The lowest BCUT2D eigenvalue weighted by atomic mass is 9.75. The van der Waals surface area contributed by atoms with E-state index in [2.05, 4.69) is 29.8 Å². The van der Waals surface area contributed by atoms with Gasteiger partial charge in [-0.05, 0) is 13.8 Å². The summed E-state index contributed by atoms with van der Waals surface area (Å²) in [6.45, 7) is 8.74. The van der Waals surface area contributed by atoms with Crippen LogP contribution in [0.15, 0.2) is 0 Å². The Morgan fingerprint density at radius 1 is 1.28 bits per heavy atom. The van der Waals surface area contributed by atoms with E-state index >= 15 is 0 Å². The van der Waals surface area contributed by atoms with Gasteiger partial charge in [0.25, 0.3) is 0 Å². The van der Waals surface area contributed by atoms with Crippen molar-refractivity contribution in [1.82, 2.24) is 0 Å². The van der Waals surface area contributed by atoms with E-state index in [0.29, 0.717) is 6.61 Å². The first kappa shape index (κ1) is 14.7. The molecule has 0 aromatic rings. The van der Waals surface area contributed by atoms with Gasteiger partial charge in [-0.1, -0.05) is 29.8 Å². The topological polar surface area (TPSA) is 36.9 Å². The SMILES string of the molecule is CO[C@@H]1[C@H]2OC(C)(C)OC[C@H]2OC(CBr)C1(C)C. The molecule has 2 fully saturated rings. The van der Waals surface area contributed by atoms with Crippen molar-refractivity contribution in [3.05, 3.63) is 0 Å². The second kappa shape index (κ2) is 5.02. The van der Waals surface area contributed by atoms with Crippen LogP contribution in [0.4, 0.5) is 0 Å². The quantitative estimate of drug-likeness (QED) is 0.731. The highest BCUT2D eigenvalue weighted by molar-refractivity contribution is 9.09. The molecule has 4 nitrogen and oxygen atoms in total. The maximum atomic E-state index is 6.10. The zero-order valence-electron chi connectivity index (χ0n) is 11.7. The Morgan fingerprint density at radius 3 is 2.50 bits per heavy atom. The van der Waals surface area contributed by atoms with Crippen molar-refractivity contribution in [3.8, 4) is 0 Å². The molecule has 0 spiro atoms. The molecule has 2 heterocycles. The average Bonchev–Trinajstić information content (AvgIpc) is 2.26. The molecule has 0 bridgehead atoms. The number of methoxy groups -OCH3 is 1. The van der Waals surface area contributed by atoms with Crippen molar-refractivity contribution in [1.29, 1.82) is 0 Å². The van der Waals surface area contributed by atoms with Crippen LogP contribution in [0.2, 0.25) is 0 Å². The summed E-state index contributed by atoms with van der Waals surface area (Å²) in [6.07, 6.45) is -0.0401. The van der Waals surface area contributed by atoms with Gasteiger partial charge < -0.3 is 18.9 Å². The molecular weight excluding hydrogens is 300 g/mol. The molecule has 0 aromatic heterocycles. The Kier molecular flexibility index (Phi) is 4.10. The minimum atomic E-state index is -0.571. The second-order valence-electron chi connectivity index (χ2n) is 6.09. The zero-order valence-corrected chi connectivity index (χ0v) is 13.3. The van der Waals surface area contributed by atoms with Gasteiger partial charge in [0.1, 0.15) is 12.2 Å². The first-order valence-corrected chi connectivity index (χ1v) is 7.50. The van der Waals surface area contributed by atoms with E-state index in [1.54, 1.807) is 7.11 Å². The summed E-state index contributed by atoms with van der Waals surface area (Å²) in [4.78, 5) is 0. The van der Waals surface area contributed by atoms with Gasteiger partial charge in [-0.2, -0.15) is 0 Å². The van der Waals surface area contributed by atoms with Crippen molar-refractivity contribution >= 4 is 15.9 Å². The van der Waals surface area contributed by atoms with Crippen LogP contribution in [0, 0.1) is 5.41 Å². The predicted molar refractivity (Wildman–Crippen MR) is 71.9 cm³/mol. The highest BCUT2D eigenvalue weighted by Gasteiger charge is 2.54. The lowest BCUT2D eigenvalue weighted by molar-refractivity contribution is -0.362. The number of hydrogen-bond donors (Lipinski definition) is 0. The van der Waals surface area contributed by atoms with Gasteiger partial charge in [0.15, 0.2) is 5.79 Å². The smallest absolute Gasteiger partial charge is 0.163 e. The number of halogens is 1. The van der Waals surface area contributed by atoms with Gasteiger partial charge in [-0.15, -0.1) is 0 Å². The molecule has 0 N–H and O–H groups in total. The molecule has 4 atom stereocenters. The van der Waals surface area contributed by atoms with E-state index in [1.165, 1.54) is 0 Å². The summed E-state index contributed by atoms with van der Waals surface area (Å²) in [5, 5.41) is 0.784. The molecule has 0 aromatic carbocycles. The molecule has 2 rings (SSSR count). The fraction of sp³-hybridized carbons (Fsp3) is 1.00. The molecule has 5 heteroatoms. The highest BCUT2D eigenvalue weighted by atomic mass is 79.9. The molecule has 2 aliphatic heterocycles. The van der Waals surface area contributed by atoms with E-state index in [4.69, 9.17) is 18.9 Å². The van der Waals surface area contributed by atoms with Gasteiger partial charge in [0.05, 0.1) is 18.8 Å². The average molecular weight is 323 g/mol. The molecule has 2 saturated heterocycles. The third-order valence-electron chi connectivity index (χ3n) is 3.98. The van der Waals surface area contributed by atoms with E-state index in [1.807, 2.05) is 13.8 Å². The first-order chi connectivity index (χ1) is 8.31. The molecular formula is C13H23BrO4. The monoisotopic (exact) mass is 322 g/mol. The Balaban J connectivity index is 2.25. The van der Waals surface area contributed by atoms with Gasteiger partial charge in [0, 0.05) is 17.9 Å². The predicted octanol–water partition coefficient (Wildman–Crippen LogP) is 2.34. The van der Waals surface area contributed by atoms with Gasteiger partial charge >= 0.3 is 0 Å². The van der Waals surface area contributed by atoms with Crippen LogP contribution < -0.4 is 0 Å². The number of hydrogen-bond acceptors (Lipinski definition) is 4. The third kappa shape index (κ3) is 2.48. The fourth-order valence-corrected chi connectivity index (χ4v) is 3.84. The lowest BCUT2D eigenvalue weighted by Gasteiger charge is -2.54. The molecule has 2 aliphatic rings. The summed E-state index contributed by atoms with van der Waals surface area (Å²) in [6, 6.07) is 0. The van der Waals surface area contributed by atoms with Crippen LogP contribution in [0.3, 0.4) is 0 Å². The zero-order chi connectivity index (χ0) is 13.6. The van der Waals surface area contributed by atoms with E-state index in [9.17, 15) is 0 Å². The summed E-state index contributed by atoms with van der Waals surface area (Å²) in [5.41, 5.74) is -0.104. The summed E-state index contributed by atoms with van der Waals surface area (Å²) < 4.78 is 23.5. The Morgan fingerprint density at radius 2 is 1.94 bits per heavy atom. The Labute approximate surface area is 117 Å². The Bertz CT molecular complexity index is 305. The van der Waals surface area contributed by atoms with E-state index in [-0.39, 0.29) is 29.8 Å². The fourth-order valence-electron chi connectivity index (χ4n) is 2.85. The summed E-state index contributed by atoms with van der Waals surface area (Å²) in [7, 11) is 1.74. The van der Waals surface area contributed by atoms with E-state index in [0.717, 1.165) is 5.33 Å². The lowest BCUT2D eigenvalue weighted by Crippen LogP contribution is -2.66. The third-order valence-corrected chi connectivity index (χ3v) is 4.56. The Hall–Kier alpha value is 0.320. The number of fused-ring (bicyclic) bond motifs is 1. The standard InChI is InChI=1S/C13H23BrO4/c1-12(2)9(6-14)17-8-7-16-13(3,4)18-10(8)11(12)15-5/h8-11H,6-7H2,1-5H3/t8-,9?,10+,11-/m1/s1. The van der Waals surface area contributed by atoms with Gasteiger partial charge in [0.2, 0.25) is 0 Å². The summed E-state index contributed by atoms with van der Waals surface area (Å²) in [5.74, 6) is -0.571. The minimum absolute atomic E-state index is 0.00183. The van der Waals surface area contributed by atoms with Crippen molar-refractivity contribution in [2.75, 3.05) is 19.0 Å². The van der Waals surface area contributed by atoms with Crippen LogP contribution in [0.1, 0.15) is 27.7 Å². The van der Waals surface area contributed by atoms with Crippen LogP contribution in [0.25, 0.3) is 0 Å². The van der Waals surface area contributed by atoms with Crippen molar-refractivity contribution < 1.29 is 18.9 Å². The van der Waals surface area contributed by atoms with E-state index < -0.39 is 5.79 Å². The second-order valence-corrected chi connectivity index (χ2v) is 6.74. The molecule has 0 radical (unpaired) electrons. The largest absolute Gasteiger partial charge is 0.378 e. The first-order valence-electron chi connectivity index (χ1n) is 6.38. The highest BCUT2D eigenvalue weighted by Crippen LogP contribution is 2.43. The molecule has 1 unspecified atom stereocenters. The van der Waals surface area contributed by atoms with Crippen molar-refractivity contribution in [2.24, 2.45) is 5.41 Å². The molecule has 18 heavy (non-hydrogen) atoms.